The average Bonchev–Trinajstić information content (AvgIpc) is 2.47. The summed E-state index contributed by atoms with van der Waals surface area (Å²) in [6, 6.07) is 0.371. The normalized spacial score (nSPS) is 22.1. The Morgan fingerprint density at radius 3 is 2.13 bits per heavy atom. The summed E-state index contributed by atoms with van der Waals surface area (Å²) in [5, 5.41) is 3.35. The Bertz CT molecular complexity index is 191. The van der Waals surface area contributed by atoms with Gasteiger partial charge in [0.15, 0.2) is 0 Å². The summed E-state index contributed by atoms with van der Waals surface area (Å²) in [7, 11) is 2.02. The fourth-order valence-electron chi connectivity index (χ4n) is 2.60. The summed E-state index contributed by atoms with van der Waals surface area (Å²) in [5.41, 5.74) is 0.181. The molecule has 0 amide bonds. The van der Waals surface area contributed by atoms with Crippen LogP contribution in [0.25, 0.3) is 0 Å². The number of likely N-dealkylation sites (tertiary alicyclic amines) is 1. The lowest BCUT2D eigenvalue weighted by atomic mass is 9.92. The maximum absolute atomic E-state index is 3.93. The molecule has 1 atom stereocenters. The first kappa shape index (κ1) is 12.7. The van der Waals surface area contributed by atoms with Gasteiger partial charge in [-0.05, 0) is 46.8 Å². The smallest absolute Gasteiger partial charge is 0.0426 e. The molecule has 2 heteroatoms. The van der Waals surface area contributed by atoms with Gasteiger partial charge in [-0.25, -0.2) is 0 Å². The molecule has 88 valence electrons. The van der Waals surface area contributed by atoms with Crippen molar-refractivity contribution in [3.05, 3.63) is 12.7 Å². The Morgan fingerprint density at radius 1 is 1.20 bits per heavy atom. The van der Waals surface area contributed by atoms with E-state index in [4.69, 9.17) is 0 Å². The molecule has 1 fully saturated rings. The fraction of sp³-hybridized carbons (Fsp3) is 0.846. The number of likely N-dealkylation sites (N-methyl/N-ethyl adjacent to an activating group) is 1. The molecule has 1 rings (SSSR count). The Morgan fingerprint density at radius 2 is 1.73 bits per heavy atom. The Kier molecular flexibility index (Phi) is 4.81. The molecule has 0 spiro atoms. The third kappa shape index (κ3) is 3.05. The van der Waals surface area contributed by atoms with Crippen molar-refractivity contribution in [2.24, 2.45) is 0 Å². The lowest BCUT2D eigenvalue weighted by molar-refractivity contribution is 0.102. The van der Waals surface area contributed by atoms with Gasteiger partial charge in [0.25, 0.3) is 0 Å². The lowest BCUT2D eigenvalue weighted by Crippen LogP contribution is -2.56. The third-order valence-corrected chi connectivity index (χ3v) is 3.73. The first-order valence-corrected chi connectivity index (χ1v) is 6.17. The van der Waals surface area contributed by atoms with Crippen molar-refractivity contribution in [2.45, 2.75) is 51.1 Å². The van der Waals surface area contributed by atoms with E-state index >= 15 is 0 Å². The molecular weight excluding hydrogens is 184 g/mol. The lowest BCUT2D eigenvalue weighted by Gasteiger charge is -2.42. The van der Waals surface area contributed by atoms with Crippen LogP contribution in [-0.4, -0.2) is 36.6 Å². The first-order chi connectivity index (χ1) is 7.12. The Hall–Kier alpha value is -0.340. The molecule has 0 saturated carbocycles. The van der Waals surface area contributed by atoms with Gasteiger partial charge in [0, 0.05) is 11.6 Å². The molecule has 1 N–H and O–H groups in total. The fourth-order valence-corrected chi connectivity index (χ4v) is 2.60. The van der Waals surface area contributed by atoms with E-state index in [1.807, 2.05) is 13.1 Å². The van der Waals surface area contributed by atoms with E-state index in [0.29, 0.717) is 6.04 Å². The van der Waals surface area contributed by atoms with Gasteiger partial charge in [0.05, 0.1) is 0 Å². The highest BCUT2D eigenvalue weighted by molar-refractivity contribution is 5.02. The quantitative estimate of drug-likeness (QED) is 0.717. The van der Waals surface area contributed by atoms with Crippen molar-refractivity contribution in [2.75, 3.05) is 20.1 Å². The largest absolute Gasteiger partial charge is 0.312 e. The molecule has 1 aliphatic rings. The SMILES string of the molecule is C=CC(NC)C(C)(C)N1CCCCCC1. The molecule has 1 aliphatic heterocycles. The third-order valence-electron chi connectivity index (χ3n) is 3.73. The van der Waals surface area contributed by atoms with Crippen LogP contribution in [-0.2, 0) is 0 Å². The predicted octanol–water partition coefficient (Wildman–Crippen LogP) is 2.42. The van der Waals surface area contributed by atoms with Gasteiger partial charge in [-0.1, -0.05) is 18.9 Å². The Labute approximate surface area is 94.7 Å². The molecule has 1 saturated heterocycles. The predicted molar refractivity (Wildman–Crippen MR) is 67.2 cm³/mol. The molecular formula is C13H26N2. The van der Waals surface area contributed by atoms with Crippen molar-refractivity contribution < 1.29 is 0 Å². The monoisotopic (exact) mass is 210 g/mol. The zero-order valence-electron chi connectivity index (χ0n) is 10.6. The topological polar surface area (TPSA) is 15.3 Å². The van der Waals surface area contributed by atoms with Crippen LogP contribution in [0.5, 0.6) is 0 Å². The summed E-state index contributed by atoms with van der Waals surface area (Å²) < 4.78 is 0. The number of hydrogen-bond acceptors (Lipinski definition) is 2. The van der Waals surface area contributed by atoms with Crippen LogP contribution in [0.4, 0.5) is 0 Å². The maximum atomic E-state index is 3.93. The maximum Gasteiger partial charge on any atom is 0.0426 e. The summed E-state index contributed by atoms with van der Waals surface area (Å²) in [4.78, 5) is 2.61. The minimum Gasteiger partial charge on any atom is -0.312 e. The highest BCUT2D eigenvalue weighted by Gasteiger charge is 2.32. The van der Waals surface area contributed by atoms with Crippen molar-refractivity contribution >= 4 is 0 Å². The van der Waals surface area contributed by atoms with Gasteiger partial charge in [-0.2, -0.15) is 0 Å². The summed E-state index contributed by atoms with van der Waals surface area (Å²) in [6.45, 7) is 11.0. The van der Waals surface area contributed by atoms with E-state index in [9.17, 15) is 0 Å². The van der Waals surface area contributed by atoms with Gasteiger partial charge < -0.3 is 5.32 Å². The van der Waals surface area contributed by atoms with Crippen LogP contribution >= 0.6 is 0 Å². The molecule has 0 aliphatic carbocycles. The minimum absolute atomic E-state index is 0.181. The summed E-state index contributed by atoms with van der Waals surface area (Å²) >= 11 is 0. The molecule has 0 aromatic heterocycles. The number of hydrogen-bond donors (Lipinski definition) is 1. The van der Waals surface area contributed by atoms with E-state index in [0.717, 1.165) is 0 Å². The second-order valence-corrected chi connectivity index (χ2v) is 5.06. The zero-order valence-corrected chi connectivity index (χ0v) is 10.6. The molecule has 0 aromatic carbocycles. The van der Waals surface area contributed by atoms with Crippen molar-refractivity contribution in [1.82, 2.24) is 10.2 Å². The Balaban J connectivity index is 2.68. The highest BCUT2D eigenvalue weighted by Crippen LogP contribution is 2.23. The number of nitrogens with zero attached hydrogens (tertiary/aromatic N) is 1. The number of rotatable bonds is 4. The van der Waals surface area contributed by atoms with Crippen LogP contribution in [0.3, 0.4) is 0 Å². The first-order valence-electron chi connectivity index (χ1n) is 6.17. The molecule has 1 heterocycles. The van der Waals surface area contributed by atoms with Gasteiger partial charge in [0.2, 0.25) is 0 Å². The molecule has 0 bridgehead atoms. The average molecular weight is 210 g/mol. The molecule has 1 unspecified atom stereocenters. The van der Waals surface area contributed by atoms with Crippen LogP contribution in [0, 0.1) is 0 Å². The van der Waals surface area contributed by atoms with E-state index in [1.165, 1.54) is 38.8 Å². The molecule has 0 aromatic rings. The molecule has 15 heavy (non-hydrogen) atoms. The van der Waals surface area contributed by atoms with Crippen LogP contribution in [0.2, 0.25) is 0 Å². The van der Waals surface area contributed by atoms with E-state index in [2.05, 4.69) is 30.6 Å². The van der Waals surface area contributed by atoms with Gasteiger partial charge >= 0.3 is 0 Å². The van der Waals surface area contributed by atoms with Gasteiger partial charge in [-0.3, -0.25) is 4.90 Å². The van der Waals surface area contributed by atoms with Crippen molar-refractivity contribution in [3.63, 3.8) is 0 Å². The van der Waals surface area contributed by atoms with E-state index < -0.39 is 0 Å². The van der Waals surface area contributed by atoms with Crippen molar-refractivity contribution in [3.8, 4) is 0 Å². The standard InChI is InChI=1S/C13H26N2/c1-5-12(14-4)13(2,3)15-10-8-6-7-9-11-15/h5,12,14H,1,6-11H2,2-4H3. The van der Waals surface area contributed by atoms with Crippen LogP contribution < -0.4 is 5.32 Å². The minimum atomic E-state index is 0.181. The second-order valence-electron chi connectivity index (χ2n) is 5.06. The summed E-state index contributed by atoms with van der Waals surface area (Å²) in [5.74, 6) is 0. The zero-order chi connectivity index (χ0) is 11.3. The van der Waals surface area contributed by atoms with E-state index in [1.54, 1.807) is 0 Å². The van der Waals surface area contributed by atoms with Gasteiger partial charge in [0.1, 0.15) is 0 Å². The molecule has 0 radical (unpaired) electrons. The number of nitrogens with one attached hydrogen (secondary N) is 1. The van der Waals surface area contributed by atoms with Crippen LogP contribution in [0.15, 0.2) is 12.7 Å². The highest BCUT2D eigenvalue weighted by atomic mass is 15.2. The van der Waals surface area contributed by atoms with E-state index in [-0.39, 0.29) is 5.54 Å². The van der Waals surface area contributed by atoms with Crippen molar-refractivity contribution in [1.29, 1.82) is 0 Å². The summed E-state index contributed by atoms with van der Waals surface area (Å²) in [6.07, 6.45) is 7.51. The second kappa shape index (κ2) is 5.66. The van der Waals surface area contributed by atoms with Gasteiger partial charge in [-0.15, -0.1) is 6.58 Å². The molecule has 2 nitrogen and oxygen atoms in total. The van der Waals surface area contributed by atoms with Crippen LogP contribution in [0.1, 0.15) is 39.5 Å².